The molecule has 2 aromatic rings. The summed E-state index contributed by atoms with van der Waals surface area (Å²) in [6, 6.07) is 5.90. The molecule has 4 nitrogen and oxygen atoms in total. The molecule has 1 heterocycles. The summed E-state index contributed by atoms with van der Waals surface area (Å²) in [5.41, 5.74) is 1.91. The summed E-state index contributed by atoms with van der Waals surface area (Å²) in [4.78, 5) is 15.8. The van der Waals surface area contributed by atoms with Crippen LogP contribution in [-0.2, 0) is 22.5 Å². The van der Waals surface area contributed by atoms with Crippen molar-refractivity contribution < 1.29 is 9.53 Å². The van der Waals surface area contributed by atoms with Gasteiger partial charge in [0.1, 0.15) is 5.82 Å². The molecule has 0 aliphatic rings. The summed E-state index contributed by atoms with van der Waals surface area (Å²) in [5.74, 6) is 1.17. The van der Waals surface area contributed by atoms with Crippen LogP contribution in [0.1, 0.15) is 12.2 Å². The van der Waals surface area contributed by atoms with E-state index in [0.717, 1.165) is 21.3 Å². The highest BCUT2D eigenvalue weighted by molar-refractivity contribution is 9.10. The third-order valence-electron chi connectivity index (χ3n) is 2.87. The number of hydrogen-bond acceptors (Lipinski definition) is 3. The van der Waals surface area contributed by atoms with Crippen LogP contribution in [0.5, 0.6) is 0 Å². The van der Waals surface area contributed by atoms with Crippen molar-refractivity contribution in [1.29, 1.82) is 0 Å². The molecule has 1 aromatic carbocycles. The van der Waals surface area contributed by atoms with Gasteiger partial charge < -0.3 is 9.30 Å². The molecule has 1 aromatic heterocycles. The molecular weight excluding hydrogens is 332 g/mol. The van der Waals surface area contributed by atoms with Gasteiger partial charge in [0, 0.05) is 23.3 Å². The number of nitrogens with zero attached hydrogens (tertiary/aromatic N) is 2. The molecule has 0 aliphatic heterocycles. The van der Waals surface area contributed by atoms with Crippen molar-refractivity contribution >= 4 is 44.5 Å². The minimum atomic E-state index is -0.228. The third-order valence-corrected chi connectivity index (χ3v) is 3.56. The van der Waals surface area contributed by atoms with Gasteiger partial charge in [-0.2, -0.15) is 0 Å². The fourth-order valence-electron chi connectivity index (χ4n) is 1.98. The fourth-order valence-corrected chi connectivity index (χ4v) is 2.49. The van der Waals surface area contributed by atoms with E-state index in [1.54, 1.807) is 0 Å². The second kappa shape index (κ2) is 6.39. The zero-order valence-corrected chi connectivity index (χ0v) is 12.9. The number of alkyl halides is 1. The van der Waals surface area contributed by atoms with E-state index >= 15 is 0 Å². The minimum absolute atomic E-state index is 0.228. The number of carbonyl (C=O) groups is 1. The average molecular weight is 346 g/mol. The van der Waals surface area contributed by atoms with Crippen molar-refractivity contribution in [3.8, 4) is 0 Å². The number of aromatic nitrogens is 2. The first-order valence-electron chi connectivity index (χ1n) is 5.93. The van der Waals surface area contributed by atoms with Crippen LogP contribution in [0.25, 0.3) is 11.0 Å². The molecule has 0 atom stereocenters. The molecule has 0 radical (unpaired) electrons. The summed E-state index contributed by atoms with van der Waals surface area (Å²) < 4.78 is 7.69. The molecule has 0 saturated carbocycles. The lowest BCUT2D eigenvalue weighted by Gasteiger charge is -2.07. The van der Waals surface area contributed by atoms with E-state index in [0.29, 0.717) is 25.3 Å². The molecule has 2 rings (SSSR count). The number of imidazole rings is 1. The molecule has 6 heteroatoms. The van der Waals surface area contributed by atoms with Crippen LogP contribution in [0, 0.1) is 0 Å². The van der Waals surface area contributed by atoms with Crippen LogP contribution in [0.15, 0.2) is 22.7 Å². The molecule has 0 unspecified atom stereocenters. The van der Waals surface area contributed by atoms with Crippen LogP contribution in [0.4, 0.5) is 0 Å². The summed E-state index contributed by atoms with van der Waals surface area (Å²) in [7, 11) is 1.39. The van der Waals surface area contributed by atoms with Gasteiger partial charge in [-0.1, -0.05) is 15.9 Å². The number of aryl methyl sites for hydroxylation is 2. The van der Waals surface area contributed by atoms with Crippen LogP contribution in [0.3, 0.4) is 0 Å². The second-order valence-electron chi connectivity index (χ2n) is 4.08. The largest absolute Gasteiger partial charge is 0.469 e. The quantitative estimate of drug-likeness (QED) is 0.618. The molecule has 0 aliphatic carbocycles. The van der Waals surface area contributed by atoms with Crippen LogP contribution >= 0.6 is 27.5 Å². The van der Waals surface area contributed by atoms with Gasteiger partial charge in [0.15, 0.2) is 0 Å². The van der Waals surface area contributed by atoms with Crippen LogP contribution in [0.2, 0.25) is 0 Å². The average Bonchev–Trinajstić information content (AvgIpc) is 2.73. The third kappa shape index (κ3) is 3.28. The molecule has 0 amide bonds. The number of halogens is 2. The van der Waals surface area contributed by atoms with Crippen molar-refractivity contribution in [2.45, 2.75) is 19.4 Å². The van der Waals surface area contributed by atoms with Gasteiger partial charge in [-0.05, 0) is 18.2 Å². The predicted molar refractivity (Wildman–Crippen MR) is 78.5 cm³/mol. The highest BCUT2D eigenvalue weighted by Crippen LogP contribution is 2.22. The Bertz CT molecular complexity index is 598. The van der Waals surface area contributed by atoms with E-state index in [4.69, 9.17) is 11.6 Å². The van der Waals surface area contributed by atoms with Crippen molar-refractivity contribution in [1.82, 2.24) is 9.55 Å². The summed E-state index contributed by atoms with van der Waals surface area (Å²) in [6.45, 7) is 0.547. The Morgan fingerprint density at radius 1 is 1.53 bits per heavy atom. The first-order valence-corrected chi connectivity index (χ1v) is 7.26. The maximum Gasteiger partial charge on any atom is 0.307 e. The number of ether oxygens (including phenoxy) is 1. The molecule has 0 N–H and O–H groups in total. The summed E-state index contributed by atoms with van der Waals surface area (Å²) in [6.07, 6.45) is 0.999. The summed E-state index contributed by atoms with van der Waals surface area (Å²) in [5, 5.41) is 0. The highest BCUT2D eigenvalue weighted by Gasteiger charge is 2.12. The Kier molecular flexibility index (Phi) is 4.82. The first-order chi connectivity index (χ1) is 9.15. The number of carbonyl (C=O) groups excluding carboxylic acids is 1. The van der Waals surface area contributed by atoms with Crippen LogP contribution in [-0.4, -0.2) is 28.5 Å². The monoisotopic (exact) mass is 344 g/mol. The van der Waals surface area contributed by atoms with E-state index in [1.165, 1.54) is 7.11 Å². The SMILES string of the molecule is COC(=O)CCn1c(CCCl)nc2ccc(Br)cc21. The topological polar surface area (TPSA) is 44.1 Å². The number of methoxy groups -OCH3 is 1. The molecule has 102 valence electrons. The Balaban J connectivity index is 2.38. The molecule has 19 heavy (non-hydrogen) atoms. The molecule has 0 fully saturated rings. The van der Waals surface area contributed by atoms with Gasteiger partial charge in [0.25, 0.3) is 0 Å². The minimum Gasteiger partial charge on any atom is -0.469 e. The zero-order chi connectivity index (χ0) is 13.8. The number of benzene rings is 1. The smallest absolute Gasteiger partial charge is 0.307 e. The van der Waals surface area contributed by atoms with Crippen LogP contribution < -0.4 is 0 Å². The highest BCUT2D eigenvalue weighted by atomic mass is 79.9. The van der Waals surface area contributed by atoms with E-state index < -0.39 is 0 Å². The van der Waals surface area contributed by atoms with Gasteiger partial charge >= 0.3 is 5.97 Å². The Hall–Kier alpha value is -1.07. The van der Waals surface area contributed by atoms with Crippen molar-refractivity contribution in [2.24, 2.45) is 0 Å². The maximum atomic E-state index is 11.3. The Morgan fingerprint density at radius 2 is 2.32 bits per heavy atom. The van der Waals surface area contributed by atoms with Gasteiger partial charge in [-0.15, -0.1) is 11.6 Å². The van der Waals surface area contributed by atoms with E-state index in [2.05, 4.69) is 25.7 Å². The van der Waals surface area contributed by atoms with E-state index in [1.807, 2.05) is 22.8 Å². The van der Waals surface area contributed by atoms with E-state index in [9.17, 15) is 4.79 Å². The van der Waals surface area contributed by atoms with Gasteiger partial charge in [0.2, 0.25) is 0 Å². The molecule has 0 saturated heterocycles. The van der Waals surface area contributed by atoms with Crippen molar-refractivity contribution in [3.63, 3.8) is 0 Å². The maximum absolute atomic E-state index is 11.3. The second-order valence-corrected chi connectivity index (χ2v) is 5.37. The molecule has 0 spiro atoms. The van der Waals surface area contributed by atoms with Crippen molar-refractivity contribution in [3.05, 3.63) is 28.5 Å². The summed E-state index contributed by atoms with van der Waals surface area (Å²) >= 11 is 9.25. The van der Waals surface area contributed by atoms with Crippen molar-refractivity contribution in [2.75, 3.05) is 13.0 Å². The lowest BCUT2D eigenvalue weighted by atomic mass is 10.3. The standard InChI is InChI=1S/C13H14BrClN2O2/c1-19-13(18)5-7-17-11-8-9(14)2-3-10(11)16-12(17)4-6-15/h2-3,8H,4-7H2,1H3. The van der Waals surface area contributed by atoms with Gasteiger partial charge in [-0.3, -0.25) is 4.79 Å². The number of fused-ring (bicyclic) bond motifs is 1. The predicted octanol–water partition coefficient (Wildman–Crippen LogP) is 3.14. The number of hydrogen-bond donors (Lipinski definition) is 0. The number of rotatable bonds is 5. The first kappa shape index (κ1) is 14.3. The lowest BCUT2D eigenvalue weighted by molar-refractivity contribution is -0.140. The van der Waals surface area contributed by atoms with Gasteiger partial charge in [0.05, 0.1) is 24.6 Å². The normalized spacial score (nSPS) is 10.9. The fraction of sp³-hybridized carbons (Fsp3) is 0.385. The Morgan fingerprint density at radius 3 is 3.00 bits per heavy atom. The van der Waals surface area contributed by atoms with Gasteiger partial charge in [-0.25, -0.2) is 4.98 Å². The molecule has 0 bridgehead atoms. The lowest BCUT2D eigenvalue weighted by Crippen LogP contribution is -2.10. The number of esters is 1. The Labute approximate surface area is 124 Å². The molecular formula is C13H14BrClN2O2. The van der Waals surface area contributed by atoms with E-state index in [-0.39, 0.29) is 5.97 Å². The zero-order valence-electron chi connectivity index (χ0n) is 10.5.